The fraction of sp³-hybridized carbons (Fsp3) is 0.158. The van der Waals surface area contributed by atoms with Gasteiger partial charge in [0.05, 0.1) is 23.6 Å². The van der Waals surface area contributed by atoms with Crippen molar-refractivity contribution in [3.05, 3.63) is 66.6 Å². The van der Waals surface area contributed by atoms with Gasteiger partial charge in [-0.3, -0.25) is 9.89 Å². The normalized spacial score (nSPS) is 12.0. The molecule has 1 amide bonds. The molecule has 0 saturated carbocycles. The highest BCUT2D eigenvalue weighted by Gasteiger charge is 2.18. The predicted molar refractivity (Wildman–Crippen MR) is 100 cm³/mol. The summed E-state index contributed by atoms with van der Waals surface area (Å²) in [5.41, 5.74) is 2.11. The van der Waals surface area contributed by atoms with Gasteiger partial charge in [-0.1, -0.05) is 35.5 Å². The first-order valence-electron chi connectivity index (χ1n) is 8.52. The highest BCUT2D eigenvalue weighted by atomic mass is 16.5. The van der Waals surface area contributed by atoms with Gasteiger partial charge in [0, 0.05) is 5.39 Å². The van der Waals surface area contributed by atoms with E-state index in [0.717, 1.165) is 16.7 Å². The molecule has 2 N–H and O–H groups in total. The summed E-state index contributed by atoms with van der Waals surface area (Å²) in [5.74, 6) is 0.558. The number of hydrogen-bond acceptors (Lipinski definition) is 5. The van der Waals surface area contributed by atoms with Crippen LogP contribution in [0, 0.1) is 0 Å². The maximum atomic E-state index is 12.6. The minimum Gasteiger partial charge on any atom is -0.487 e. The molecule has 4 aromatic rings. The van der Waals surface area contributed by atoms with Gasteiger partial charge in [0.1, 0.15) is 24.1 Å². The average molecular weight is 362 g/mol. The van der Waals surface area contributed by atoms with Crippen molar-refractivity contribution < 1.29 is 9.53 Å². The number of amides is 1. The van der Waals surface area contributed by atoms with Crippen molar-refractivity contribution in [3.8, 4) is 5.75 Å². The first-order chi connectivity index (χ1) is 13.2. The second kappa shape index (κ2) is 7.28. The van der Waals surface area contributed by atoms with Crippen molar-refractivity contribution >= 4 is 22.5 Å². The zero-order valence-electron chi connectivity index (χ0n) is 14.7. The van der Waals surface area contributed by atoms with Crippen molar-refractivity contribution in [1.29, 1.82) is 0 Å². The minimum atomic E-state index is -0.527. The summed E-state index contributed by atoms with van der Waals surface area (Å²) in [6, 6.07) is 14.6. The Bertz CT molecular complexity index is 1060. The van der Waals surface area contributed by atoms with E-state index in [9.17, 15) is 4.79 Å². The fourth-order valence-corrected chi connectivity index (χ4v) is 2.67. The lowest BCUT2D eigenvalue weighted by Gasteiger charge is -2.12. The zero-order chi connectivity index (χ0) is 18.6. The lowest BCUT2D eigenvalue weighted by Crippen LogP contribution is -2.24. The predicted octanol–water partition coefficient (Wildman–Crippen LogP) is 2.93. The SMILES string of the molecule is CC(C(=O)Nc1cccc2cn[nH]c12)n1cc(COc2ccccc2)nn1. The largest absolute Gasteiger partial charge is 0.487 e. The van der Waals surface area contributed by atoms with Gasteiger partial charge in [-0.2, -0.15) is 5.10 Å². The van der Waals surface area contributed by atoms with E-state index in [4.69, 9.17) is 4.74 Å². The van der Waals surface area contributed by atoms with Crippen molar-refractivity contribution in [3.63, 3.8) is 0 Å². The lowest BCUT2D eigenvalue weighted by atomic mass is 10.2. The summed E-state index contributed by atoms with van der Waals surface area (Å²) in [6.45, 7) is 2.05. The van der Waals surface area contributed by atoms with E-state index >= 15 is 0 Å². The quantitative estimate of drug-likeness (QED) is 0.550. The molecule has 2 aromatic carbocycles. The molecular formula is C19H18N6O2. The number of nitrogens with one attached hydrogen (secondary N) is 2. The summed E-state index contributed by atoms with van der Waals surface area (Å²) >= 11 is 0. The number of H-pyrrole nitrogens is 1. The fourth-order valence-electron chi connectivity index (χ4n) is 2.67. The molecule has 2 aromatic heterocycles. The highest BCUT2D eigenvalue weighted by Crippen LogP contribution is 2.21. The maximum Gasteiger partial charge on any atom is 0.249 e. The number of anilines is 1. The number of hydrogen-bond donors (Lipinski definition) is 2. The molecule has 4 rings (SSSR count). The Hall–Kier alpha value is -3.68. The van der Waals surface area contributed by atoms with Gasteiger partial charge in [-0.05, 0) is 25.1 Å². The molecule has 8 nitrogen and oxygen atoms in total. The number of carbonyl (C=O) groups excluding carboxylic acids is 1. The van der Waals surface area contributed by atoms with E-state index in [0.29, 0.717) is 11.4 Å². The molecule has 0 bridgehead atoms. The second-order valence-electron chi connectivity index (χ2n) is 6.10. The molecule has 136 valence electrons. The molecule has 0 radical (unpaired) electrons. The first kappa shape index (κ1) is 16.8. The third kappa shape index (κ3) is 3.64. The average Bonchev–Trinajstić information content (AvgIpc) is 3.36. The molecular weight excluding hydrogens is 344 g/mol. The molecule has 0 spiro atoms. The molecule has 0 aliphatic carbocycles. The van der Waals surface area contributed by atoms with Gasteiger partial charge in [0.2, 0.25) is 5.91 Å². The molecule has 2 heterocycles. The van der Waals surface area contributed by atoms with E-state index in [2.05, 4.69) is 25.8 Å². The van der Waals surface area contributed by atoms with E-state index < -0.39 is 6.04 Å². The number of benzene rings is 2. The smallest absolute Gasteiger partial charge is 0.249 e. The number of para-hydroxylation sites is 2. The molecule has 0 saturated heterocycles. The second-order valence-corrected chi connectivity index (χ2v) is 6.10. The third-order valence-corrected chi connectivity index (χ3v) is 4.20. The minimum absolute atomic E-state index is 0.197. The molecule has 0 fully saturated rings. The van der Waals surface area contributed by atoms with Crippen LogP contribution in [0.3, 0.4) is 0 Å². The molecule has 27 heavy (non-hydrogen) atoms. The van der Waals surface area contributed by atoms with Crippen LogP contribution in [0.5, 0.6) is 5.75 Å². The Morgan fingerprint density at radius 3 is 2.93 bits per heavy atom. The number of aromatic amines is 1. The summed E-state index contributed by atoms with van der Waals surface area (Å²) in [6.07, 6.45) is 3.43. The van der Waals surface area contributed by atoms with Crippen LogP contribution in [0.15, 0.2) is 60.9 Å². The topological polar surface area (TPSA) is 97.7 Å². The Morgan fingerprint density at radius 1 is 1.22 bits per heavy atom. The van der Waals surface area contributed by atoms with Crippen molar-refractivity contribution in [2.75, 3.05) is 5.32 Å². The monoisotopic (exact) mass is 362 g/mol. The van der Waals surface area contributed by atoms with E-state index in [1.165, 1.54) is 4.68 Å². The van der Waals surface area contributed by atoms with Gasteiger partial charge in [0.25, 0.3) is 0 Å². The van der Waals surface area contributed by atoms with Crippen LogP contribution in [-0.4, -0.2) is 31.1 Å². The highest BCUT2D eigenvalue weighted by molar-refractivity contribution is 6.01. The first-order valence-corrected chi connectivity index (χ1v) is 8.52. The number of aromatic nitrogens is 5. The van der Waals surface area contributed by atoms with Gasteiger partial charge >= 0.3 is 0 Å². The van der Waals surface area contributed by atoms with Crippen LogP contribution in [-0.2, 0) is 11.4 Å². The summed E-state index contributed by atoms with van der Waals surface area (Å²) in [5, 5.41) is 18.9. The molecule has 1 unspecified atom stereocenters. The molecule has 8 heteroatoms. The lowest BCUT2D eigenvalue weighted by molar-refractivity contribution is -0.119. The standard InChI is InChI=1S/C19H18N6O2/c1-13(19(26)21-17-9-5-6-14-10-20-23-18(14)17)25-11-15(22-24-25)12-27-16-7-3-2-4-8-16/h2-11,13H,12H2,1H3,(H,20,23)(H,21,26). The Labute approximate surface area is 155 Å². The van der Waals surface area contributed by atoms with Crippen LogP contribution < -0.4 is 10.1 Å². The van der Waals surface area contributed by atoms with Gasteiger partial charge in [-0.25, -0.2) is 4.68 Å². The van der Waals surface area contributed by atoms with Crippen molar-refractivity contribution in [2.45, 2.75) is 19.6 Å². The van der Waals surface area contributed by atoms with Gasteiger partial charge < -0.3 is 10.1 Å². The zero-order valence-corrected chi connectivity index (χ0v) is 14.7. The van der Waals surface area contributed by atoms with Gasteiger partial charge in [-0.15, -0.1) is 5.10 Å². The van der Waals surface area contributed by atoms with Crippen LogP contribution in [0.25, 0.3) is 10.9 Å². The van der Waals surface area contributed by atoms with Crippen LogP contribution in [0.2, 0.25) is 0 Å². The maximum absolute atomic E-state index is 12.6. The Balaban J connectivity index is 1.42. The summed E-state index contributed by atoms with van der Waals surface area (Å²) in [7, 11) is 0. The van der Waals surface area contributed by atoms with Gasteiger partial charge in [0.15, 0.2) is 0 Å². The molecule has 1 atom stereocenters. The van der Waals surface area contributed by atoms with E-state index in [1.54, 1.807) is 19.3 Å². The number of carbonyl (C=O) groups is 1. The van der Waals surface area contributed by atoms with Crippen molar-refractivity contribution in [1.82, 2.24) is 25.2 Å². The van der Waals surface area contributed by atoms with E-state index in [1.807, 2.05) is 48.5 Å². The van der Waals surface area contributed by atoms with Crippen LogP contribution in [0.4, 0.5) is 5.69 Å². The summed E-state index contributed by atoms with van der Waals surface area (Å²) < 4.78 is 7.17. The Morgan fingerprint density at radius 2 is 2.07 bits per heavy atom. The number of rotatable bonds is 6. The summed E-state index contributed by atoms with van der Waals surface area (Å²) in [4.78, 5) is 12.6. The number of fused-ring (bicyclic) bond motifs is 1. The number of ether oxygens (including phenoxy) is 1. The third-order valence-electron chi connectivity index (χ3n) is 4.20. The molecule has 0 aliphatic heterocycles. The molecule has 0 aliphatic rings. The van der Waals surface area contributed by atoms with Crippen LogP contribution in [0.1, 0.15) is 18.7 Å². The van der Waals surface area contributed by atoms with Crippen LogP contribution >= 0.6 is 0 Å². The van der Waals surface area contributed by atoms with E-state index in [-0.39, 0.29) is 12.5 Å². The Kier molecular flexibility index (Phi) is 4.52. The number of nitrogens with zero attached hydrogens (tertiary/aromatic N) is 4. The van der Waals surface area contributed by atoms with Crippen molar-refractivity contribution in [2.24, 2.45) is 0 Å².